The molecule has 0 unspecified atom stereocenters. The summed E-state index contributed by atoms with van der Waals surface area (Å²) in [5, 5.41) is 13.3. The van der Waals surface area contributed by atoms with Crippen LogP contribution in [0.25, 0.3) is 11.3 Å². The Hall–Kier alpha value is -2.04. The van der Waals surface area contributed by atoms with Gasteiger partial charge in [0.25, 0.3) is 0 Å². The van der Waals surface area contributed by atoms with Crippen LogP contribution >= 0.6 is 0 Å². The van der Waals surface area contributed by atoms with Gasteiger partial charge >= 0.3 is 0 Å². The summed E-state index contributed by atoms with van der Waals surface area (Å²) in [5.74, 6) is 0.853. The van der Waals surface area contributed by atoms with Crippen LogP contribution in [0.3, 0.4) is 0 Å². The molecule has 0 spiro atoms. The van der Waals surface area contributed by atoms with E-state index < -0.39 is 0 Å². The van der Waals surface area contributed by atoms with Crippen molar-refractivity contribution in [3.05, 3.63) is 29.2 Å². The first kappa shape index (κ1) is 14.9. The van der Waals surface area contributed by atoms with E-state index >= 15 is 0 Å². The maximum absolute atomic E-state index is 11.4. The number of rotatable bonds is 6. The van der Waals surface area contributed by atoms with E-state index in [1.54, 1.807) is 0 Å². The van der Waals surface area contributed by atoms with Crippen molar-refractivity contribution >= 4 is 5.78 Å². The van der Waals surface area contributed by atoms with Crippen LogP contribution in [-0.2, 0) is 18.3 Å². The van der Waals surface area contributed by atoms with Crippen LogP contribution in [0, 0.1) is 6.92 Å². The quantitative estimate of drug-likeness (QED) is 0.822. The molecule has 0 amide bonds. The maximum Gasteiger partial charge on any atom is 0.133 e. The van der Waals surface area contributed by atoms with Crippen molar-refractivity contribution in [3.63, 3.8) is 0 Å². The van der Waals surface area contributed by atoms with Crippen molar-refractivity contribution in [2.24, 2.45) is 7.05 Å². The summed E-state index contributed by atoms with van der Waals surface area (Å²) in [6, 6.07) is 2.05. The van der Waals surface area contributed by atoms with Gasteiger partial charge in [0, 0.05) is 37.6 Å². The van der Waals surface area contributed by atoms with Crippen LogP contribution < -0.4 is 0 Å². The second kappa shape index (κ2) is 5.99. The Morgan fingerprint density at radius 2 is 2.14 bits per heavy atom. The van der Waals surface area contributed by atoms with Crippen LogP contribution in [0.4, 0.5) is 0 Å². The summed E-state index contributed by atoms with van der Waals surface area (Å²) in [6.45, 7) is 3.95. The molecule has 22 heavy (non-hydrogen) atoms. The highest BCUT2D eigenvalue weighted by Crippen LogP contribution is 2.43. The van der Waals surface area contributed by atoms with Crippen molar-refractivity contribution in [3.8, 4) is 11.3 Å². The van der Waals surface area contributed by atoms with E-state index in [1.165, 1.54) is 12.8 Å². The van der Waals surface area contributed by atoms with Gasteiger partial charge in [0.05, 0.1) is 17.1 Å². The first-order valence-corrected chi connectivity index (χ1v) is 7.97. The Morgan fingerprint density at radius 3 is 2.77 bits per heavy atom. The SMILES string of the molecule is CCC(=O)CCc1cc(C)c(-c2cn(C)nc2C2CC2)nn1. The zero-order valence-corrected chi connectivity index (χ0v) is 13.5. The van der Waals surface area contributed by atoms with Gasteiger partial charge in [0.15, 0.2) is 0 Å². The lowest BCUT2D eigenvalue weighted by molar-refractivity contribution is -0.118. The van der Waals surface area contributed by atoms with Crippen LogP contribution in [-0.4, -0.2) is 25.8 Å². The summed E-state index contributed by atoms with van der Waals surface area (Å²) < 4.78 is 1.86. The third-order valence-corrected chi connectivity index (χ3v) is 4.17. The Kier molecular flexibility index (Phi) is 4.05. The van der Waals surface area contributed by atoms with Gasteiger partial charge in [-0.3, -0.25) is 9.48 Å². The molecule has 0 bridgehead atoms. The number of ketones is 1. The molecule has 2 aromatic heterocycles. The summed E-state index contributed by atoms with van der Waals surface area (Å²) in [4.78, 5) is 11.4. The number of Topliss-reactive ketones (excluding diaryl/α,β-unsaturated/α-hetero) is 1. The van der Waals surface area contributed by atoms with E-state index in [9.17, 15) is 4.79 Å². The predicted octanol–water partition coefficient (Wildman–Crippen LogP) is 2.97. The molecule has 1 aliphatic carbocycles. The van der Waals surface area contributed by atoms with Gasteiger partial charge < -0.3 is 0 Å². The molecule has 0 aromatic carbocycles. The summed E-state index contributed by atoms with van der Waals surface area (Å²) in [7, 11) is 1.95. The fourth-order valence-electron chi connectivity index (χ4n) is 2.72. The average molecular weight is 298 g/mol. The normalized spacial score (nSPS) is 14.3. The molecule has 1 fully saturated rings. The van der Waals surface area contributed by atoms with Crippen molar-refractivity contribution in [1.29, 1.82) is 0 Å². The summed E-state index contributed by atoms with van der Waals surface area (Å²) >= 11 is 0. The molecule has 0 aliphatic heterocycles. The summed E-state index contributed by atoms with van der Waals surface area (Å²) in [6.07, 6.45) is 6.27. The highest BCUT2D eigenvalue weighted by molar-refractivity contribution is 5.78. The molecule has 2 aromatic rings. The molecule has 0 atom stereocenters. The van der Waals surface area contributed by atoms with Crippen LogP contribution in [0.2, 0.25) is 0 Å². The number of carbonyl (C=O) groups excluding carboxylic acids is 1. The van der Waals surface area contributed by atoms with Gasteiger partial charge in [0.1, 0.15) is 5.78 Å². The first-order valence-electron chi connectivity index (χ1n) is 7.97. The third kappa shape index (κ3) is 3.08. The van der Waals surface area contributed by atoms with Crippen molar-refractivity contribution in [2.75, 3.05) is 0 Å². The molecule has 1 saturated carbocycles. The lowest BCUT2D eigenvalue weighted by Gasteiger charge is -2.06. The van der Waals surface area contributed by atoms with Crippen LogP contribution in [0.15, 0.2) is 12.3 Å². The van der Waals surface area contributed by atoms with E-state index in [0.29, 0.717) is 25.2 Å². The Morgan fingerprint density at radius 1 is 1.36 bits per heavy atom. The van der Waals surface area contributed by atoms with Crippen LogP contribution in [0.5, 0.6) is 0 Å². The van der Waals surface area contributed by atoms with E-state index in [4.69, 9.17) is 0 Å². The Bertz CT molecular complexity index is 701. The first-order chi connectivity index (χ1) is 10.6. The molecule has 5 nitrogen and oxygen atoms in total. The lowest BCUT2D eigenvalue weighted by atomic mass is 10.0. The Balaban J connectivity index is 1.84. The molecule has 3 rings (SSSR count). The smallest absolute Gasteiger partial charge is 0.133 e. The van der Waals surface area contributed by atoms with E-state index in [1.807, 2.05) is 24.9 Å². The lowest BCUT2D eigenvalue weighted by Crippen LogP contribution is -2.02. The third-order valence-electron chi connectivity index (χ3n) is 4.17. The molecule has 0 saturated heterocycles. The largest absolute Gasteiger partial charge is 0.300 e. The number of nitrogens with zero attached hydrogens (tertiary/aromatic N) is 4. The van der Waals surface area contributed by atoms with E-state index in [0.717, 1.165) is 28.2 Å². The second-order valence-electron chi connectivity index (χ2n) is 6.14. The van der Waals surface area contributed by atoms with Crippen molar-refractivity contribution in [2.45, 2.75) is 51.9 Å². The standard InChI is InChI=1S/C17H22N4O/c1-4-14(22)8-7-13-9-11(2)16(19-18-13)15-10-21(3)20-17(15)12-5-6-12/h9-10,12H,4-8H2,1-3H3. The Labute approximate surface area is 130 Å². The molecular weight excluding hydrogens is 276 g/mol. The zero-order chi connectivity index (χ0) is 15.7. The highest BCUT2D eigenvalue weighted by atomic mass is 16.1. The number of aryl methyl sites for hydroxylation is 3. The van der Waals surface area contributed by atoms with Crippen molar-refractivity contribution in [1.82, 2.24) is 20.0 Å². The minimum Gasteiger partial charge on any atom is -0.300 e. The van der Waals surface area contributed by atoms with Gasteiger partial charge in [-0.05, 0) is 37.8 Å². The second-order valence-corrected chi connectivity index (χ2v) is 6.14. The van der Waals surface area contributed by atoms with Gasteiger partial charge in [-0.25, -0.2) is 0 Å². The average Bonchev–Trinajstić information content (AvgIpc) is 3.28. The fourth-order valence-corrected chi connectivity index (χ4v) is 2.72. The zero-order valence-electron chi connectivity index (χ0n) is 13.5. The maximum atomic E-state index is 11.4. The topological polar surface area (TPSA) is 60.7 Å². The molecular formula is C17H22N4O. The van der Waals surface area contributed by atoms with Gasteiger partial charge in [-0.1, -0.05) is 6.92 Å². The van der Waals surface area contributed by atoms with Crippen molar-refractivity contribution < 1.29 is 4.79 Å². The fraction of sp³-hybridized carbons (Fsp3) is 0.529. The number of carbonyl (C=O) groups is 1. The number of aromatic nitrogens is 4. The monoisotopic (exact) mass is 298 g/mol. The molecule has 0 radical (unpaired) electrons. The molecule has 116 valence electrons. The van der Waals surface area contributed by atoms with Crippen LogP contribution in [0.1, 0.15) is 55.5 Å². The molecule has 2 heterocycles. The number of hydrogen-bond acceptors (Lipinski definition) is 4. The minimum absolute atomic E-state index is 0.270. The molecule has 0 N–H and O–H groups in total. The predicted molar refractivity (Wildman–Crippen MR) is 84.6 cm³/mol. The van der Waals surface area contributed by atoms with Gasteiger partial charge in [-0.2, -0.15) is 10.2 Å². The van der Waals surface area contributed by atoms with Gasteiger partial charge in [0.2, 0.25) is 0 Å². The van der Waals surface area contributed by atoms with E-state index in [2.05, 4.69) is 28.3 Å². The molecule has 1 aliphatic rings. The number of hydrogen-bond donors (Lipinski definition) is 0. The minimum atomic E-state index is 0.270. The van der Waals surface area contributed by atoms with E-state index in [-0.39, 0.29) is 5.78 Å². The molecule has 5 heteroatoms. The summed E-state index contributed by atoms with van der Waals surface area (Å²) in [5.41, 5.74) is 5.16. The van der Waals surface area contributed by atoms with Gasteiger partial charge in [-0.15, -0.1) is 5.10 Å². The highest BCUT2D eigenvalue weighted by Gasteiger charge is 2.30.